The fourth-order valence-corrected chi connectivity index (χ4v) is 4.50. The Kier molecular flexibility index (Phi) is 8.38. The fraction of sp³-hybridized carbons (Fsp3) is 0.895. The Balaban J connectivity index is 1.70. The van der Waals surface area contributed by atoms with Gasteiger partial charge in [0.2, 0.25) is 0 Å². The van der Waals surface area contributed by atoms with E-state index in [1.807, 2.05) is 44.5 Å². The lowest BCUT2D eigenvalue weighted by molar-refractivity contribution is 0.0162. The van der Waals surface area contributed by atoms with Crippen LogP contribution in [0.4, 0.5) is 4.79 Å². The second-order valence-electron chi connectivity index (χ2n) is 8.28. The van der Waals surface area contributed by atoms with E-state index in [1.54, 1.807) is 0 Å². The number of nitrogens with zero attached hydrogens (tertiary/aromatic N) is 2. The molecule has 1 amide bonds. The Morgan fingerprint density at radius 3 is 2.77 bits per heavy atom. The number of likely N-dealkylation sites (tertiary alicyclic amines) is 1. The lowest BCUT2D eigenvalue weighted by atomic mass is 9.95. The van der Waals surface area contributed by atoms with Crippen LogP contribution in [0.2, 0.25) is 0 Å². The molecule has 2 aliphatic rings. The molecule has 7 heteroatoms. The summed E-state index contributed by atoms with van der Waals surface area (Å²) in [5, 5.41) is 6.97. The summed E-state index contributed by atoms with van der Waals surface area (Å²) < 4.78 is 5.51. The average molecular weight is 385 g/mol. The van der Waals surface area contributed by atoms with Gasteiger partial charge < -0.3 is 20.3 Å². The molecule has 6 nitrogen and oxygen atoms in total. The van der Waals surface area contributed by atoms with Gasteiger partial charge in [-0.05, 0) is 64.5 Å². The first-order valence-electron chi connectivity index (χ1n) is 9.90. The van der Waals surface area contributed by atoms with Gasteiger partial charge in [0, 0.05) is 38.5 Å². The van der Waals surface area contributed by atoms with Crippen LogP contribution < -0.4 is 10.6 Å². The molecule has 0 aromatic heterocycles. The van der Waals surface area contributed by atoms with Gasteiger partial charge in [0.05, 0.1) is 0 Å². The van der Waals surface area contributed by atoms with Crippen molar-refractivity contribution in [2.45, 2.75) is 64.5 Å². The van der Waals surface area contributed by atoms with Gasteiger partial charge >= 0.3 is 6.09 Å². The number of amides is 1. The topological polar surface area (TPSA) is 66.0 Å². The minimum absolute atomic E-state index is 0.178. The smallest absolute Gasteiger partial charge is 0.410 e. The van der Waals surface area contributed by atoms with E-state index in [0.717, 1.165) is 44.2 Å². The van der Waals surface area contributed by atoms with E-state index in [1.165, 1.54) is 25.0 Å². The molecule has 2 atom stereocenters. The first kappa shape index (κ1) is 21.2. The summed E-state index contributed by atoms with van der Waals surface area (Å²) in [6, 6.07) is 0.525. The number of rotatable bonds is 4. The van der Waals surface area contributed by atoms with Crippen molar-refractivity contribution in [2.75, 3.05) is 38.2 Å². The van der Waals surface area contributed by atoms with Gasteiger partial charge in [-0.3, -0.25) is 4.99 Å². The van der Waals surface area contributed by atoms with E-state index in [2.05, 4.69) is 15.6 Å². The lowest BCUT2D eigenvalue weighted by Gasteiger charge is -2.34. The number of aliphatic imine (C=N–C) groups is 1. The molecule has 0 bridgehead atoms. The molecule has 0 radical (unpaired) electrons. The Morgan fingerprint density at radius 2 is 2.12 bits per heavy atom. The van der Waals surface area contributed by atoms with Crippen molar-refractivity contribution in [1.82, 2.24) is 15.5 Å². The third-order valence-corrected chi connectivity index (χ3v) is 5.96. The van der Waals surface area contributed by atoms with Crippen molar-refractivity contribution < 1.29 is 9.53 Å². The summed E-state index contributed by atoms with van der Waals surface area (Å²) in [6.45, 7) is 8.23. The van der Waals surface area contributed by atoms with Crippen LogP contribution in [-0.4, -0.2) is 66.8 Å². The van der Waals surface area contributed by atoms with Crippen LogP contribution in [0.25, 0.3) is 0 Å². The van der Waals surface area contributed by atoms with Crippen molar-refractivity contribution >= 4 is 23.8 Å². The predicted molar refractivity (Wildman–Crippen MR) is 110 cm³/mol. The molecule has 0 saturated carbocycles. The maximum absolute atomic E-state index is 12.3. The molecular weight excluding hydrogens is 348 g/mol. The zero-order valence-electron chi connectivity index (χ0n) is 16.8. The van der Waals surface area contributed by atoms with Gasteiger partial charge in [-0.15, -0.1) is 0 Å². The van der Waals surface area contributed by atoms with E-state index in [9.17, 15) is 4.79 Å². The Morgan fingerprint density at radius 1 is 1.31 bits per heavy atom. The van der Waals surface area contributed by atoms with Gasteiger partial charge in [0.15, 0.2) is 5.96 Å². The highest BCUT2D eigenvalue weighted by Crippen LogP contribution is 2.21. The number of carbonyl (C=O) groups excluding carboxylic acids is 1. The number of carbonyl (C=O) groups is 1. The van der Waals surface area contributed by atoms with Crippen LogP contribution >= 0.6 is 11.8 Å². The second-order valence-corrected chi connectivity index (χ2v) is 9.43. The predicted octanol–water partition coefficient (Wildman–Crippen LogP) is 3.08. The first-order valence-corrected chi connectivity index (χ1v) is 11.1. The van der Waals surface area contributed by atoms with Crippen molar-refractivity contribution in [3.8, 4) is 0 Å². The number of hydrogen-bond donors (Lipinski definition) is 2. The van der Waals surface area contributed by atoms with Crippen LogP contribution in [-0.2, 0) is 4.74 Å². The summed E-state index contributed by atoms with van der Waals surface area (Å²) >= 11 is 2.01. The standard InChI is InChI=1S/C19H36N4O2S/c1-19(2,3)25-18(24)23-11-5-7-15(13-23)9-10-21-17(20-4)22-16-8-6-12-26-14-16/h15-16H,5-14H2,1-4H3,(H2,20,21,22). The number of piperidine rings is 1. The molecule has 0 spiro atoms. The fourth-order valence-electron chi connectivity index (χ4n) is 3.43. The SMILES string of the molecule is CN=C(NCCC1CCCN(C(=O)OC(C)(C)C)C1)NC1CCCSC1. The molecule has 26 heavy (non-hydrogen) atoms. The highest BCUT2D eigenvalue weighted by molar-refractivity contribution is 7.99. The molecule has 2 fully saturated rings. The summed E-state index contributed by atoms with van der Waals surface area (Å²) in [7, 11) is 1.83. The van der Waals surface area contributed by atoms with Crippen molar-refractivity contribution in [3.05, 3.63) is 0 Å². The molecule has 2 unspecified atom stereocenters. The molecule has 2 aliphatic heterocycles. The zero-order valence-corrected chi connectivity index (χ0v) is 17.7. The molecule has 0 aromatic carbocycles. The lowest BCUT2D eigenvalue weighted by Crippen LogP contribution is -2.46. The maximum Gasteiger partial charge on any atom is 0.410 e. The van der Waals surface area contributed by atoms with Crippen LogP contribution in [0, 0.1) is 5.92 Å². The van der Waals surface area contributed by atoms with Gasteiger partial charge in [-0.1, -0.05) is 0 Å². The van der Waals surface area contributed by atoms with Gasteiger partial charge in [0.1, 0.15) is 5.60 Å². The molecule has 2 saturated heterocycles. The molecule has 2 heterocycles. The van der Waals surface area contributed by atoms with E-state index in [-0.39, 0.29) is 6.09 Å². The highest BCUT2D eigenvalue weighted by atomic mass is 32.2. The number of ether oxygens (including phenoxy) is 1. The maximum atomic E-state index is 12.3. The Bertz CT molecular complexity index is 473. The van der Waals surface area contributed by atoms with E-state index < -0.39 is 5.60 Å². The van der Waals surface area contributed by atoms with Crippen LogP contribution in [0.1, 0.15) is 52.9 Å². The summed E-state index contributed by atoms with van der Waals surface area (Å²) in [5.74, 6) is 3.86. The number of guanidine groups is 1. The van der Waals surface area contributed by atoms with Gasteiger partial charge in [-0.25, -0.2) is 4.79 Å². The second kappa shape index (κ2) is 10.3. The Hall–Kier alpha value is -1.11. The minimum Gasteiger partial charge on any atom is -0.444 e. The van der Waals surface area contributed by atoms with Crippen LogP contribution in [0.5, 0.6) is 0 Å². The highest BCUT2D eigenvalue weighted by Gasteiger charge is 2.27. The largest absolute Gasteiger partial charge is 0.444 e. The first-order chi connectivity index (χ1) is 12.4. The molecule has 2 N–H and O–H groups in total. The average Bonchev–Trinajstić information content (AvgIpc) is 2.60. The quantitative estimate of drug-likeness (QED) is 0.576. The monoisotopic (exact) mass is 384 g/mol. The van der Waals surface area contributed by atoms with E-state index >= 15 is 0 Å². The van der Waals surface area contributed by atoms with Gasteiger partial charge in [-0.2, -0.15) is 11.8 Å². The minimum atomic E-state index is -0.429. The molecule has 150 valence electrons. The summed E-state index contributed by atoms with van der Waals surface area (Å²) in [5.41, 5.74) is -0.429. The Labute approximate surface area is 162 Å². The van der Waals surface area contributed by atoms with E-state index in [0.29, 0.717) is 12.0 Å². The van der Waals surface area contributed by atoms with Crippen molar-refractivity contribution in [1.29, 1.82) is 0 Å². The summed E-state index contributed by atoms with van der Waals surface area (Å²) in [4.78, 5) is 18.5. The van der Waals surface area contributed by atoms with Crippen molar-refractivity contribution in [3.63, 3.8) is 0 Å². The zero-order chi connectivity index (χ0) is 19.0. The van der Waals surface area contributed by atoms with Gasteiger partial charge in [0.25, 0.3) is 0 Å². The van der Waals surface area contributed by atoms with Crippen LogP contribution in [0.15, 0.2) is 4.99 Å². The number of nitrogens with one attached hydrogen (secondary N) is 2. The third kappa shape index (κ3) is 7.64. The molecular formula is C19H36N4O2S. The third-order valence-electron chi connectivity index (χ3n) is 4.74. The van der Waals surface area contributed by atoms with E-state index in [4.69, 9.17) is 4.74 Å². The molecule has 2 rings (SSSR count). The molecule has 0 aliphatic carbocycles. The molecule has 0 aromatic rings. The van der Waals surface area contributed by atoms with Crippen LogP contribution in [0.3, 0.4) is 0 Å². The number of thioether (sulfide) groups is 1. The van der Waals surface area contributed by atoms with Crippen molar-refractivity contribution in [2.24, 2.45) is 10.9 Å². The number of hydrogen-bond acceptors (Lipinski definition) is 4. The summed E-state index contributed by atoms with van der Waals surface area (Å²) in [6.07, 6.45) is 5.59. The normalized spacial score (nSPS) is 24.9.